The number of carbonyl (C=O) groups excluding carboxylic acids is 1. The molecule has 2 nitrogen and oxygen atoms in total. The van der Waals surface area contributed by atoms with Gasteiger partial charge < -0.3 is 4.74 Å². The Kier molecular flexibility index (Phi) is 8.15. The van der Waals surface area contributed by atoms with Crippen molar-refractivity contribution in [1.82, 2.24) is 0 Å². The molecule has 2 aromatic rings. The second kappa shape index (κ2) is 11.3. The summed E-state index contributed by atoms with van der Waals surface area (Å²) < 4.78 is 48.8. The molecule has 186 valence electrons. The second-order valence-corrected chi connectivity index (χ2v) is 9.93. The number of esters is 1. The van der Waals surface area contributed by atoms with Crippen LogP contribution < -0.4 is 4.74 Å². The topological polar surface area (TPSA) is 26.3 Å². The molecular formula is C30H33F3O2. The number of allylic oxidation sites excluding steroid dienone is 3. The average Bonchev–Trinajstić information content (AvgIpc) is 2.86. The van der Waals surface area contributed by atoms with Gasteiger partial charge in [-0.1, -0.05) is 30.4 Å². The van der Waals surface area contributed by atoms with Crippen molar-refractivity contribution >= 4 is 5.97 Å². The molecular weight excluding hydrogens is 449 g/mol. The summed E-state index contributed by atoms with van der Waals surface area (Å²) in [5.74, 6) is -2.02. The third kappa shape index (κ3) is 5.71. The zero-order chi connectivity index (χ0) is 24.9. The van der Waals surface area contributed by atoms with Crippen molar-refractivity contribution in [3.8, 4) is 5.75 Å². The van der Waals surface area contributed by atoms with Gasteiger partial charge in [-0.3, -0.25) is 0 Å². The molecule has 0 heterocycles. The van der Waals surface area contributed by atoms with Crippen LogP contribution in [0.4, 0.5) is 13.2 Å². The first-order valence-corrected chi connectivity index (χ1v) is 12.6. The highest BCUT2D eigenvalue weighted by Crippen LogP contribution is 2.48. The van der Waals surface area contributed by atoms with Gasteiger partial charge in [0.1, 0.15) is 5.82 Å². The van der Waals surface area contributed by atoms with Gasteiger partial charge in [0.25, 0.3) is 0 Å². The molecule has 4 unspecified atom stereocenters. The minimum atomic E-state index is -1.22. The van der Waals surface area contributed by atoms with E-state index in [9.17, 15) is 13.6 Å². The lowest BCUT2D eigenvalue weighted by molar-refractivity contribution is 0.0726. The molecule has 0 bridgehead atoms. The Balaban J connectivity index is 1.42. The lowest BCUT2D eigenvalue weighted by Crippen LogP contribution is -2.30. The van der Waals surface area contributed by atoms with Crippen molar-refractivity contribution < 1.29 is 22.7 Å². The zero-order valence-corrected chi connectivity index (χ0v) is 20.2. The van der Waals surface area contributed by atoms with Crippen molar-refractivity contribution in [2.45, 2.75) is 64.2 Å². The number of halogens is 3. The molecule has 2 aromatic carbocycles. The Morgan fingerprint density at radius 1 is 1.03 bits per heavy atom. The molecule has 2 aliphatic carbocycles. The first-order valence-electron chi connectivity index (χ1n) is 12.6. The maximum absolute atomic E-state index is 15.1. The Morgan fingerprint density at radius 2 is 1.80 bits per heavy atom. The highest BCUT2D eigenvalue weighted by molar-refractivity contribution is 5.91. The molecule has 2 aliphatic rings. The Labute approximate surface area is 205 Å². The van der Waals surface area contributed by atoms with Crippen LogP contribution in [0.1, 0.15) is 79.3 Å². The van der Waals surface area contributed by atoms with E-state index in [1.165, 1.54) is 37.5 Å². The van der Waals surface area contributed by atoms with Crippen LogP contribution in [-0.4, -0.2) is 5.97 Å². The molecule has 0 radical (unpaired) electrons. The summed E-state index contributed by atoms with van der Waals surface area (Å²) in [5, 5.41) is 0. The molecule has 4 atom stereocenters. The van der Waals surface area contributed by atoms with Gasteiger partial charge in [-0.15, -0.1) is 6.58 Å². The molecule has 0 aliphatic heterocycles. The van der Waals surface area contributed by atoms with E-state index in [1.54, 1.807) is 12.1 Å². The summed E-state index contributed by atoms with van der Waals surface area (Å²) in [6.07, 6.45) is 13.5. The van der Waals surface area contributed by atoms with E-state index < -0.39 is 29.2 Å². The van der Waals surface area contributed by atoms with E-state index in [0.717, 1.165) is 25.3 Å². The number of carbonyl (C=O) groups is 1. The fourth-order valence-corrected chi connectivity index (χ4v) is 5.90. The standard InChI is InChI=1S/C30H33F3O2/c1-3-5-7-20-13-15-27(29(33)28(20)32)35-30(34)24-12-14-25(26(31)18-24)23-11-10-21-16-19(6-4-2)8-9-22(21)17-23/h3-4,6,12-15,18-19,21-23H,1,5,7-11,16-17H2,2H3/b6-4+. The quantitative estimate of drug-likeness (QED) is 0.225. The summed E-state index contributed by atoms with van der Waals surface area (Å²) in [5.41, 5.74) is 0.782. The van der Waals surface area contributed by atoms with Crippen LogP contribution in [0.15, 0.2) is 55.1 Å². The van der Waals surface area contributed by atoms with E-state index in [4.69, 9.17) is 4.74 Å². The fraction of sp³-hybridized carbons (Fsp3) is 0.433. The Hall–Kier alpha value is -2.82. The molecule has 0 spiro atoms. The monoisotopic (exact) mass is 482 g/mol. The summed E-state index contributed by atoms with van der Waals surface area (Å²) in [4.78, 5) is 12.5. The van der Waals surface area contributed by atoms with Crippen LogP contribution in [0.3, 0.4) is 0 Å². The number of rotatable bonds is 7. The van der Waals surface area contributed by atoms with Gasteiger partial charge >= 0.3 is 5.97 Å². The Bertz CT molecular complexity index is 1110. The maximum atomic E-state index is 15.1. The van der Waals surface area contributed by atoms with Crippen molar-refractivity contribution in [3.05, 3.63) is 89.3 Å². The average molecular weight is 483 g/mol. The summed E-state index contributed by atoms with van der Waals surface area (Å²) in [7, 11) is 0. The maximum Gasteiger partial charge on any atom is 0.343 e. The number of hydrogen-bond donors (Lipinski definition) is 0. The van der Waals surface area contributed by atoms with Crippen LogP contribution in [-0.2, 0) is 6.42 Å². The first kappa shape index (κ1) is 25.3. The summed E-state index contributed by atoms with van der Waals surface area (Å²) >= 11 is 0. The van der Waals surface area contributed by atoms with Crippen LogP contribution in [0.5, 0.6) is 5.75 Å². The minimum absolute atomic E-state index is 0.0256. The smallest absolute Gasteiger partial charge is 0.343 e. The van der Waals surface area contributed by atoms with E-state index in [0.29, 0.717) is 36.2 Å². The highest BCUT2D eigenvalue weighted by Gasteiger charge is 2.36. The number of benzene rings is 2. The van der Waals surface area contributed by atoms with Gasteiger partial charge in [-0.05, 0) is 111 Å². The molecule has 2 fully saturated rings. The summed E-state index contributed by atoms with van der Waals surface area (Å²) in [6.45, 7) is 5.64. The number of aryl methyl sites for hydroxylation is 1. The van der Waals surface area contributed by atoms with Crippen LogP contribution in [0.2, 0.25) is 0 Å². The second-order valence-electron chi connectivity index (χ2n) is 9.93. The molecule has 5 heteroatoms. The van der Waals surface area contributed by atoms with Gasteiger partial charge in [0.2, 0.25) is 5.82 Å². The minimum Gasteiger partial charge on any atom is -0.420 e. The van der Waals surface area contributed by atoms with Gasteiger partial charge in [-0.2, -0.15) is 4.39 Å². The number of fused-ring (bicyclic) bond motifs is 1. The first-order chi connectivity index (χ1) is 16.9. The normalized spacial score (nSPS) is 24.2. The van der Waals surface area contributed by atoms with E-state index in [2.05, 4.69) is 25.7 Å². The van der Waals surface area contributed by atoms with Gasteiger partial charge in [0.15, 0.2) is 11.6 Å². The lowest BCUT2D eigenvalue weighted by atomic mass is 9.64. The zero-order valence-electron chi connectivity index (χ0n) is 20.2. The van der Waals surface area contributed by atoms with Crippen LogP contribution in [0, 0.1) is 35.2 Å². The van der Waals surface area contributed by atoms with Gasteiger partial charge in [-0.25, -0.2) is 13.6 Å². The van der Waals surface area contributed by atoms with Gasteiger partial charge in [0.05, 0.1) is 5.56 Å². The fourth-order valence-electron chi connectivity index (χ4n) is 5.90. The molecule has 2 saturated carbocycles. The van der Waals surface area contributed by atoms with Crippen molar-refractivity contribution in [1.29, 1.82) is 0 Å². The van der Waals surface area contributed by atoms with Crippen molar-refractivity contribution in [2.75, 3.05) is 0 Å². The summed E-state index contributed by atoms with van der Waals surface area (Å²) in [6, 6.07) is 6.93. The number of ether oxygens (including phenoxy) is 1. The van der Waals surface area contributed by atoms with E-state index in [1.807, 2.05) is 0 Å². The molecule has 0 aromatic heterocycles. The van der Waals surface area contributed by atoms with Crippen molar-refractivity contribution in [3.63, 3.8) is 0 Å². The predicted octanol–water partition coefficient (Wildman–Crippen LogP) is 8.32. The number of hydrogen-bond acceptors (Lipinski definition) is 2. The van der Waals surface area contributed by atoms with Crippen molar-refractivity contribution in [2.24, 2.45) is 17.8 Å². The third-order valence-corrected chi connectivity index (χ3v) is 7.74. The lowest BCUT2D eigenvalue weighted by Gasteiger charge is -2.41. The molecule has 35 heavy (non-hydrogen) atoms. The molecule has 0 saturated heterocycles. The highest BCUT2D eigenvalue weighted by atomic mass is 19.2. The molecule has 4 rings (SSSR count). The van der Waals surface area contributed by atoms with Gasteiger partial charge in [0, 0.05) is 0 Å². The molecule has 0 N–H and O–H groups in total. The predicted molar refractivity (Wildman–Crippen MR) is 132 cm³/mol. The SMILES string of the molecule is C=CCCc1ccc(OC(=O)c2ccc(C3CCC4CC(/C=C/C)CCC4C3)c(F)c2)c(F)c1F. The van der Waals surface area contributed by atoms with Crippen LogP contribution >= 0.6 is 0 Å². The van der Waals surface area contributed by atoms with Crippen LogP contribution in [0.25, 0.3) is 0 Å². The van der Waals surface area contributed by atoms with E-state index in [-0.39, 0.29) is 17.0 Å². The Morgan fingerprint density at radius 3 is 2.54 bits per heavy atom. The third-order valence-electron chi connectivity index (χ3n) is 7.74. The van der Waals surface area contributed by atoms with E-state index >= 15 is 4.39 Å². The largest absolute Gasteiger partial charge is 0.420 e. The molecule has 0 amide bonds.